The Bertz CT molecular complexity index is 191. The highest BCUT2D eigenvalue weighted by atomic mass is 16.5. The van der Waals surface area contributed by atoms with Gasteiger partial charge < -0.3 is 10.1 Å². The van der Waals surface area contributed by atoms with E-state index < -0.39 is 0 Å². The Hall–Kier alpha value is -0.340. The Morgan fingerprint density at radius 1 is 1.31 bits per heavy atom. The van der Waals surface area contributed by atoms with Gasteiger partial charge >= 0.3 is 0 Å². The monoisotopic (exact) mass is 225 g/mol. The molecule has 2 heteroatoms. The fourth-order valence-electron chi connectivity index (χ4n) is 2.77. The van der Waals surface area contributed by atoms with Gasteiger partial charge in [0.15, 0.2) is 0 Å². The van der Waals surface area contributed by atoms with Crippen molar-refractivity contribution >= 4 is 0 Å². The Morgan fingerprint density at radius 3 is 2.50 bits per heavy atom. The van der Waals surface area contributed by atoms with Crippen molar-refractivity contribution in [2.24, 2.45) is 0 Å². The first kappa shape index (κ1) is 13.7. The topological polar surface area (TPSA) is 21.3 Å². The largest absolute Gasteiger partial charge is 0.373 e. The summed E-state index contributed by atoms with van der Waals surface area (Å²) in [5, 5.41) is 3.57. The lowest BCUT2D eigenvalue weighted by Gasteiger charge is -2.42. The van der Waals surface area contributed by atoms with E-state index in [2.05, 4.69) is 25.7 Å². The molecule has 0 amide bonds. The highest BCUT2D eigenvalue weighted by Crippen LogP contribution is 2.35. The minimum absolute atomic E-state index is 0.0178. The van der Waals surface area contributed by atoms with Crippen LogP contribution in [-0.4, -0.2) is 24.8 Å². The van der Waals surface area contributed by atoms with Crippen LogP contribution in [0.25, 0.3) is 0 Å². The molecule has 1 saturated carbocycles. The molecular weight excluding hydrogens is 198 g/mol. The van der Waals surface area contributed by atoms with Gasteiger partial charge in [-0.25, -0.2) is 0 Å². The number of hydrogen-bond acceptors (Lipinski definition) is 2. The molecule has 0 aromatic rings. The maximum Gasteiger partial charge on any atom is 0.0870 e. The van der Waals surface area contributed by atoms with E-state index in [0.717, 1.165) is 19.6 Å². The molecule has 0 saturated heterocycles. The van der Waals surface area contributed by atoms with Crippen LogP contribution in [0.15, 0.2) is 12.7 Å². The third kappa shape index (κ3) is 3.33. The number of nitrogens with one attached hydrogen (secondary N) is 1. The van der Waals surface area contributed by atoms with Gasteiger partial charge in [-0.1, -0.05) is 32.3 Å². The van der Waals surface area contributed by atoms with Gasteiger partial charge in [-0.3, -0.25) is 0 Å². The summed E-state index contributed by atoms with van der Waals surface area (Å²) in [4.78, 5) is 0. The molecule has 0 aliphatic heterocycles. The van der Waals surface area contributed by atoms with Crippen LogP contribution in [0.5, 0.6) is 0 Å². The first-order chi connectivity index (χ1) is 7.79. The molecule has 94 valence electrons. The van der Waals surface area contributed by atoms with E-state index in [-0.39, 0.29) is 5.60 Å². The fraction of sp³-hybridized carbons (Fsp3) is 0.857. The lowest BCUT2D eigenvalue weighted by atomic mass is 9.79. The van der Waals surface area contributed by atoms with Crippen molar-refractivity contribution in [2.75, 3.05) is 13.2 Å². The van der Waals surface area contributed by atoms with E-state index >= 15 is 0 Å². The van der Waals surface area contributed by atoms with Crippen LogP contribution in [-0.2, 0) is 4.74 Å². The summed E-state index contributed by atoms with van der Waals surface area (Å²) in [5.74, 6) is 0. The van der Waals surface area contributed by atoms with Crippen LogP contribution < -0.4 is 5.32 Å². The van der Waals surface area contributed by atoms with E-state index in [9.17, 15) is 0 Å². The van der Waals surface area contributed by atoms with E-state index in [4.69, 9.17) is 4.74 Å². The molecule has 1 aliphatic carbocycles. The molecule has 0 heterocycles. The summed E-state index contributed by atoms with van der Waals surface area (Å²) < 4.78 is 6.09. The van der Waals surface area contributed by atoms with Crippen molar-refractivity contribution in [1.29, 1.82) is 0 Å². The lowest BCUT2D eigenvalue weighted by Crippen LogP contribution is -2.52. The average Bonchev–Trinajstić information content (AvgIpc) is 2.31. The van der Waals surface area contributed by atoms with Crippen molar-refractivity contribution in [3.05, 3.63) is 12.7 Å². The SMILES string of the molecule is C=CC(NCCC)C1(OCC)CCCCC1. The highest BCUT2D eigenvalue weighted by molar-refractivity contribution is 5.04. The van der Waals surface area contributed by atoms with Crippen LogP contribution in [0, 0.1) is 0 Å². The van der Waals surface area contributed by atoms with E-state index in [1.165, 1.54) is 32.1 Å². The highest BCUT2D eigenvalue weighted by Gasteiger charge is 2.38. The molecule has 1 N–H and O–H groups in total. The Morgan fingerprint density at radius 2 is 2.00 bits per heavy atom. The van der Waals surface area contributed by atoms with Crippen molar-refractivity contribution in [3.8, 4) is 0 Å². The molecule has 0 aromatic carbocycles. The summed E-state index contributed by atoms with van der Waals surface area (Å²) in [7, 11) is 0. The van der Waals surface area contributed by atoms with E-state index in [1.807, 2.05) is 6.08 Å². The average molecular weight is 225 g/mol. The molecule has 2 nitrogen and oxygen atoms in total. The van der Waals surface area contributed by atoms with Gasteiger partial charge in [0.1, 0.15) is 0 Å². The molecule has 0 spiro atoms. The minimum Gasteiger partial charge on any atom is -0.373 e. The first-order valence-corrected chi connectivity index (χ1v) is 6.79. The van der Waals surface area contributed by atoms with E-state index in [0.29, 0.717) is 6.04 Å². The third-order valence-electron chi connectivity index (χ3n) is 3.55. The van der Waals surface area contributed by atoms with Crippen LogP contribution in [0.3, 0.4) is 0 Å². The van der Waals surface area contributed by atoms with Gasteiger partial charge in [0.25, 0.3) is 0 Å². The normalized spacial score (nSPS) is 21.6. The molecular formula is C14H27NO. The second-order valence-corrected chi connectivity index (χ2v) is 4.73. The van der Waals surface area contributed by atoms with E-state index in [1.54, 1.807) is 0 Å². The number of rotatable bonds is 7. The summed E-state index contributed by atoms with van der Waals surface area (Å²) in [6.07, 6.45) is 9.48. The molecule has 1 fully saturated rings. The summed E-state index contributed by atoms with van der Waals surface area (Å²) in [6, 6.07) is 0.313. The summed E-state index contributed by atoms with van der Waals surface area (Å²) in [6.45, 7) is 10.1. The maximum atomic E-state index is 6.09. The third-order valence-corrected chi connectivity index (χ3v) is 3.55. The van der Waals surface area contributed by atoms with Gasteiger partial charge in [0.2, 0.25) is 0 Å². The zero-order valence-corrected chi connectivity index (χ0v) is 10.9. The van der Waals surface area contributed by atoms with Crippen molar-refractivity contribution < 1.29 is 4.74 Å². The molecule has 0 aromatic heterocycles. The Kier molecular flexibility index (Phi) is 6.07. The predicted molar refractivity (Wildman–Crippen MR) is 69.7 cm³/mol. The van der Waals surface area contributed by atoms with Crippen LogP contribution in [0.4, 0.5) is 0 Å². The minimum atomic E-state index is 0.0178. The molecule has 1 rings (SSSR count). The van der Waals surface area contributed by atoms with Gasteiger partial charge in [0.05, 0.1) is 11.6 Å². The molecule has 1 aliphatic rings. The zero-order chi connectivity index (χ0) is 11.9. The number of ether oxygens (including phenoxy) is 1. The quantitative estimate of drug-likeness (QED) is 0.671. The second-order valence-electron chi connectivity index (χ2n) is 4.73. The first-order valence-electron chi connectivity index (χ1n) is 6.79. The molecule has 0 bridgehead atoms. The van der Waals surface area contributed by atoms with Gasteiger partial charge in [0, 0.05) is 6.61 Å². The zero-order valence-electron chi connectivity index (χ0n) is 10.9. The van der Waals surface area contributed by atoms with Gasteiger partial charge in [-0.15, -0.1) is 6.58 Å². The maximum absolute atomic E-state index is 6.09. The number of hydrogen-bond donors (Lipinski definition) is 1. The predicted octanol–water partition coefficient (Wildman–Crippen LogP) is 3.28. The van der Waals surface area contributed by atoms with Crippen LogP contribution in [0.1, 0.15) is 52.4 Å². The summed E-state index contributed by atoms with van der Waals surface area (Å²) in [5.41, 5.74) is 0.0178. The molecule has 1 unspecified atom stereocenters. The molecule has 0 radical (unpaired) electrons. The van der Waals surface area contributed by atoms with Crippen LogP contribution in [0.2, 0.25) is 0 Å². The Labute approximate surface area is 100 Å². The van der Waals surface area contributed by atoms with Crippen molar-refractivity contribution in [3.63, 3.8) is 0 Å². The summed E-state index contributed by atoms with van der Waals surface area (Å²) >= 11 is 0. The van der Waals surface area contributed by atoms with Crippen molar-refractivity contribution in [2.45, 2.75) is 64.0 Å². The molecule has 1 atom stereocenters. The Balaban J connectivity index is 2.67. The van der Waals surface area contributed by atoms with Gasteiger partial charge in [-0.05, 0) is 32.7 Å². The van der Waals surface area contributed by atoms with Gasteiger partial charge in [-0.2, -0.15) is 0 Å². The van der Waals surface area contributed by atoms with Crippen LogP contribution >= 0.6 is 0 Å². The standard InChI is InChI=1S/C14H27NO/c1-4-12-15-13(5-2)14(16-6-3)10-8-7-9-11-14/h5,13,15H,2,4,6-12H2,1,3H3. The lowest BCUT2D eigenvalue weighted by molar-refractivity contribution is -0.0794. The van der Waals surface area contributed by atoms with Crippen molar-refractivity contribution in [1.82, 2.24) is 5.32 Å². The second kappa shape index (κ2) is 7.08. The smallest absolute Gasteiger partial charge is 0.0870 e. The molecule has 16 heavy (non-hydrogen) atoms. The fourth-order valence-corrected chi connectivity index (χ4v) is 2.77.